The van der Waals surface area contributed by atoms with E-state index in [9.17, 15) is 14.7 Å². The van der Waals surface area contributed by atoms with E-state index in [0.717, 1.165) is 5.56 Å². The predicted octanol–water partition coefficient (Wildman–Crippen LogP) is 2.23. The summed E-state index contributed by atoms with van der Waals surface area (Å²) in [6.07, 6.45) is 1.69. The van der Waals surface area contributed by atoms with Crippen molar-refractivity contribution in [2.24, 2.45) is 5.92 Å². The molecule has 0 radical (unpaired) electrons. The van der Waals surface area contributed by atoms with E-state index in [-0.39, 0.29) is 25.4 Å². The molecular formula is C17H19NO5. The van der Waals surface area contributed by atoms with Crippen molar-refractivity contribution >= 4 is 22.8 Å². The molecule has 0 saturated carbocycles. The zero-order valence-corrected chi connectivity index (χ0v) is 13.1. The number of carbonyl (C=O) groups excluding carboxylic acids is 2. The smallest absolute Gasteiger partial charge is 0.320 e. The summed E-state index contributed by atoms with van der Waals surface area (Å²) in [6, 6.07) is 6.68. The van der Waals surface area contributed by atoms with Crippen molar-refractivity contribution in [3.05, 3.63) is 36.0 Å². The molecule has 0 unspecified atom stereocenters. The van der Waals surface area contributed by atoms with Crippen LogP contribution in [-0.2, 0) is 25.5 Å². The van der Waals surface area contributed by atoms with Crippen molar-refractivity contribution in [1.82, 2.24) is 4.98 Å². The van der Waals surface area contributed by atoms with Crippen molar-refractivity contribution in [1.29, 1.82) is 0 Å². The van der Waals surface area contributed by atoms with Gasteiger partial charge in [0.1, 0.15) is 11.3 Å². The second kappa shape index (κ2) is 7.58. The maximum Gasteiger partial charge on any atom is 0.320 e. The van der Waals surface area contributed by atoms with Gasteiger partial charge in [0.25, 0.3) is 0 Å². The molecule has 0 saturated heterocycles. The molecule has 0 atom stereocenters. The molecule has 1 aromatic heterocycles. The lowest BCUT2D eigenvalue weighted by Crippen LogP contribution is -2.30. The Morgan fingerprint density at radius 1 is 1.13 bits per heavy atom. The van der Waals surface area contributed by atoms with Crippen LogP contribution in [0.2, 0.25) is 0 Å². The lowest BCUT2D eigenvalue weighted by Gasteiger charge is -2.15. The number of phenolic OH excluding ortho intramolecular Hbond substituents is 1. The van der Waals surface area contributed by atoms with Crippen molar-refractivity contribution < 1.29 is 24.2 Å². The molecule has 0 amide bonds. The first-order valence-electron chi connectivity index (χ1n) is 7.47. The average Bonchev–Trinajstić information content (AvgIpc) is 2.55. The summed E-state index contributed by atoms with van der Waals surface area (Å²) in [5.41, 5.74) is 1.15. The summed E-state index contributed by atoms with van der Waals surface area (Å²) >= 11 is 0. The van der Waals surface area contributed by atoms with E-state index in [1.54, 1.807) is 38.2 Å². The van der Waals surface area contributed by atoms with Gasteiger partial charge in [0, 0.05) is 11.6 Å². The normalized spacial score (nSPS) is 10.7. The van der Waals surface area contributed by atoms with Crippen LogP contribution in [0.4, 0.5) is 0 Å². The van der Waals surface area contributed by atoms with Gasteiger partial charge in [-0.05, 0) is 38.0 Å². The first kappa shape index (κ1) is 16.7. The second-order valence-electron chi connectivity index (χ2n) is 4.90. The number of benzene rings is 1. The Hall–Kier alpha value is -2.63. The van der Waals surface area contributed by atoms with Crippen LogP contribution in [0.3, 0.4) is 0 Å². The maximum atomic E-state index is 12.1. The third-order valence-corrected chi connectivity index (χ3v) is 3.40. The van der Waals surface area contributed by atoms with Gasteiger partial charge in [-0.2, -0.15) is 0 Å². The molecule has 2 rings (SSSR count). The minimum Gasteiger partial charge on any atom is -0.506 e. The van der Waals surface area contributed by atoms with Crippen molar-refractivity contribution in [3.8, 4) is 5.75 Å². The molecule has 1 N–H and O–H groups in total. The topological polar surface area (TPSA) is 85.7 Å². The molecule has 6 heteroatoms. The number of nitrogens with zero attached hydrogens (tertiary/aromatic N) is 1. The fourth-order valence-corrected chi connectivity index (χ4v) is 2.36. The first-order chi connectivity index (χ1) is 11.1. The summed E-state index contributed by atoms with van der Waals surface area (Å²) in [7, 11) is 0. The van der Waals surface area contributed by atoms with Gasteiger partial charge in [0.15, 0.2) is 5.92 Å². The van der Waals surface area contributed by atoms with Gasteiger partial charge in [-0.3, -0.25) is 14.6 Å². The molecule has 0 aliphatic carbocycles. The highest BCUT2D eigenvalue weighted by Gasteiger charge is 2.30. The molecule has 0 aliphatic rings. The molecular weight excluding hydrogens is 298 g/mol. The minimum absolute atomic E-state index is 0.0492. The molecule has 122 valence electrons. The Kier molecular flexibility index (Phi) is 5.51. The SMILES string of the molecule is CCOC(=O)C(Cc1ccc(O)c2ncccc12)C(=O)OCC. The number of pyridine rings is 1. The zero-order chi connectivity index (χ0) is 16.8. The number of carbonyl (C=O) groups is 2. The van der Waals surface area contributed by atoms with Gasteiger partial charge >= 0.3 is 11.9 Å². The number of rotatable bonds is 6. The lowest BCUT2D eigenvalue weighted by atomic mass is 9.96. The number of hydrogen-bond donors (Lipinski definition) is 1. The molecule has 0 fully saturated rings. The number of phenols is 1. The van der Waals surface area contributed by atoms with Crippen LogP contribution in [0.1, 0.15) is 19.4 Å². The van der Waals surface area contributed by atoms with Crippen LogP contribution in [0.5, 0.6) is 5.75 Å². The second-order valence-corrected chi connectivity index (χ2v) is 4.90. The lowest BCUT2D eigenvalue weighted by molar-refractivity contribution is -0.161. The summed E-state index contributed by atoms with van der Waals surface area (Å²) in [6.45, 7) is 3.74. The Bertz CT molecular complexity index is 695. The third-order valence-electron chi connectivity index (χ3n) is 3.40. The monoisotopic (exact) mass is 317 g/mol. The Balaban J connectivity index is 2.38. The van der Waals surface area contributed by atoms with Crippen LogP contribution in [-0.4, -0.2) is 35.2 Å². The summed E-state index contributed by atoms with van der Waals surface area (Å²) in [4.78, 5) is 28.3. The summed E-state index contributed by atoms with van der Waals surface area (Å²) in [5, 5.41) is 10.6. The van der Waals surface area contributed by atoms with E-state index in [4.69, 9.17) is 9.47 Å². The van der Waals surface area contributed by atoms with E-state index >= 15 is 0 Å². The minimum atomic E-state index is -1.04. The van der Waals surface area contributed by atoms with Crippen LogP contribution in [0.25, 0.3) is 10.9 Å². The highest BCUT2D eigenvalue weighted by atomic mass is 16.6. The standard InChI is InChI=1S/C17H19NO5/c1-3-22-16(20)13(17(21)23-4-2)10-11-7-8-14(19)15-12(11)6-5-9-18-15/h5-9,13,19H,3-4,10H2,1-2H3. The van der Waals surface area contributed by atoms with E-state index < -0.39 is 17.9 Å². The first-order valence-corrected chi connectivity index (χ1v) is 7.47. The number of fused-ring (bicyclic) bond motifs is 1. The Morgan fingerprint density at radius 3 is 2.39 bits per heavy atom. The van der Waals surface area contributed by atoms with Gasteiger partial charge in [0.2, 0.25) is 0 Å². The quantitative estimate of drug-likeness (QED) is 0.649. The summed E-state index contributed by atoms with van der Waals surface area (Å²) in [5.74, 6) is -2.22. The van der Waals surface area contributed by atoms with Crippen LogP contribution >= 0.6 is 0 Å². The number of ether oxygens (including phenoxy) is 2. The highest BCUT2D eigenvalue weighted by Crippen LogP contribution is 2.27. The van der Waals surface area contributed by atoms with Crippen molar-refractivity contribution in [3.63, 3.8) is 0 Å². The van der Waals surface area contributed by atoms with Crippen LogP contribution < -0.4 is 0 Å². The van der Waals surface area contributed by atoms with Crippen molar-refractivity contribution in [2.45, 2.75) is 20.3 Å². The largest absolute Gasteiger partial charge is 0.506 e. The van der Waals surface area contributed by atoms with Crippen LogP contribution in [0, 0.1) is 5.92 Å². The molecule has 0 spiro atoms. The number of aromatic hydroxyl groups is 1. The molecule has 6 nitrogen and oxygen atoms in total. The van der Waals surface area contributed by atoms with E-state index in [2.05, 4.69) is 4.98 Å². The highest BCUT2D eigenvalue weighted by molar-refractivity contribution is 5.96. The van der Waals surface area contributed by atoms with E-state index in [1.807, 2.05) is 0 Å². The van der Waals surface area contributed by atoms with Gasteiger partial charge in [-0.1, -0.05) is 12.1 Å². The van der Waals surface area contributed by atoms with Gasteiger partial charge in [-0.15, -0.1) is 0 Å². The molecule has 0 bridgehead atoms. The number of aromatic nitrogens is 1. The summed E-state index contributed by atoms with van der Waals surface area (Å²) < 4.78 is 9.95. The van der Waals surface area contributed by atoms with Crippen LogP contribution in [0.15, 0.2) is 30.5 Å². The van der Waals surface area contributed by atoms with Crippen molar-refractivity contribution in [2.75, 3.05) is 13.2 Å². The number of esters is 2. The molecule has 0 aliphatic heterocycles. The predicted molar refractivity (Wildman–Crippen MR) is 83.9 cm³/mol. The fourth-order valence-electron chi connectivity index (χ4n) is 2.36. The van der Waals surface area contributed by atoms with Gasteiger partial charge in [0.05, 0.1) is 13.2 Å². The van der Waals surface area contributed by atoms with E-state index in [0.29, 0.717) is 10.9 Å². The maximum absolute atomic E-state index is 12.1. The average molecular weight is 317 g/mol. The third kappa shape index (κ3) is 3.77. The van der Waals surface area contributed by atoms with Gasteiger partial charge in [-0.25, -0.2) is 0 Å². The Labute approximate surface area is 134 Å². The van der Waals surface area contributed by atoms with Gasteiger partial charge < -0.3 is 14.6 Å². The molecule has 1 aromatic carbocycles. The Morgan fingerprint density at radius 2 is 1.78 bits per heavy atom. The molecule has 23 heavy (non-hydrogen) atoms. The van der Waals surface area contributed by atoms with E-state index in [1.165, 1.54) is 6.07 Å². The number of hydrogen-bond acceptors (Lipinski definition) is 6. The zero-order valence-electron chi connectivity index (χ0n) is 13.1. The fraction of sp³-hybridized carbons (Fsp3) is 0.353. The molecule has 2 aromatic rings. The molecule has 1 heterocycles.